The Balaban J connectivity index is 2.99. The van der Waals surface area contributed by atoms with Gasteiger partial charge < -0.3 is 0 Å². The molecule has 0 atom stereocenters. The Morgan fingerprint density at radius 3 is 2.38 bits per heavy atom. The molecule has 1 heterocycles. The van der Waals surface area contributed by atoms with Crippen molar-refractivity contribution in [2.45, 2.75) is 0 Å². The Labute approximate surface area is 48.0 Å². The van der Waals surface area contributed by atoms with Gasteiger partial charge in [-0.25, -0.2) is 9.97 Å². The molecule has 0 aromatic carbocycles. The molecule has 3 nitrogen and oxygen atoms in total. The Kier molecular flexibility index (Phi) is 1.65. The van der Waals surface area contributed by atoms with Crippen molar-refractivity contribution in [2.75, 3.05) is 0 Å². The van der Waals surface area contributed by atoms with E-state index in [1.54, 1.807) is 0 Å². The van der Waals surface area contributed by atoms with E-state index in [9.17, 15) is 4.57 Å². The zero-order valence-corrected chi connectivity index (χ0v) is 4.88. The van der Waals surface area contributed by atoms with Crippen LogP contribution in [0.15, 0.2) is 18.7 Å². The van der Waals surface area contributed by atoms with Gasteiger partial charge in [0.05, 0.1) is 5.30 Å². The van der Waals surface area contributed by atoms with Crippen molar-refractivity contribution in [3.8, 4) is 0 Å². The van der Waals surface area contributed by atoms with Crippen LogP contribution in [0.5, 0.6) is 0 Å². The number of nitrogens with zero attached hydrogens (tertiary/aromatic N) is 2. The molecule has 0 fully saturated rings. The Hall–Kier alpha value is -0.820. The number of hydrogen-bond donors (Lipinski definition) is 0. The molecule has 0 radical (unpaired) electrons. The van der Waals surface area contributed by atoms with Crippen LogP contribution in [-0.4, -0.2) is 9.97 Å². The monoisotopic (exact) mass is 126 g/mol. The highest BCUT2D eigenvalue weighted by Gasteiger charge is 1.84. The van der Waals surface area contributed by atoms with Crippen molar-refractivity contribution in [2.24, 2.45) is 0 Å². The molecule has 40 valence electrons. The predicted molar refractivity (Wildman–Crippen MR) is 29.3 cm³/mol. The summed E-state index contributed by atoms with van der Waals surface area (Å²) >= 11 is 0. The smallest absolute Gasteiger partial charge is 0.195 e. The van der Waals surface area contributed by atoms with Gasteiger partial charge >= 0.3 is 0 Å². The van der Waals surface area contributed by atoms with E-state index >= 15 is 0 Å². The second-order valence-electron chi connectivity index (χ2n) is 1.19. The van der Waals surface area contributed by atoms with Gasteiger partial charge in [0.15, 0.2) is 8.46 Å². The van der Waals surface area contributed by atoms with Gasteiger partial charge in [0.2, 0.25) is 0 Å². The molecule has 0 saturated heterocycles. The van der Waals surface area contributed by atoms with E-state index in [-0.39, 0.29) is 8.46 Å². The normalized spacial score (nSPS) is 9.50. The molecule has 0 aliphatic heterocycles. The van der Waals surface area contributed by atoms with Crippen molar-refractivity contribution in [1.82, 2.24) is 9.97 Å². The third-order valence-corrected chi connectivity index (χ3v) is 1.09. The highest BCUT2D eigenvalue weighted by molar-refractivity contribution is 7.33. The Morgan fingerprint density at radius 1 is 1.38 bits per heavy atom. The summed E-state index contributed by atoms with van der Waals surface area (Å²) in [5.41, 5.74) is 0. The summed E-state index contributed by atoms with van der Waals surface area (Å²) in [4.78, 5) is 7.27. The number of aromatic nitrogens is 2. The third-order valence-electron chi connectivity index (χ3n) is 0.652. The fourth-order valence-electron chi connectivity index (χ4n) is 0.338. The molecule has 0 spiro atoms. The SMILES string of the molecule is O=Pc1cncnc1. The molecular weight excluding hydrogens is 123 g/mol. The summed E-state index contributed by atoms with van der Waals surface area (Å²) in [5.74, 6) is 0. The zero-order valence-electron chi connectivity index (χ0n) is 3.98. The maximum atomic E-state index is 10.0. The maximum Gasteiger partial charge on any atom is 0.195 e. The van der Waals surface area contributed by atoms with E-state index in [0.29, 0.717) is 5.30 Å². The summed E-state index contributed by atoms with van der Waals surface area (Å²) in [6, 6.07) is 0. The molecule has 0 bridgehead atoms. The largest absolute Gasteiger partial charge is 0.269 e. The van der Waals surface area contributed by atoms with Crippen LogP contribution in [0.4, 0.5) is 0 Å². The molecule has 8 heavy (non-hydrogen) atoms. The molecule has 0 saturated carbocycles. The first-order chi connectivity index (χ1) is 3.93. The highest BCUT2D eigenvalue weighted by Crippen LogP contribution is 1.87. The lowest BCUT2D eigenvalue weighted by Crippen LogP contribution is -1.92. The predicted octanol–water partition coefficient (Wildman–Crippen LogP) is 0.394. The van der Waals surface area contributed by atoms with Crippen molar-refractivity contribution in [1.29, 1.82) is 0 Å². The van der Waals surface area contributed by atoms with Crippen molar-refractivity contribution in [3.05, 3.63) is 18.7 Å². The first-order valence-electron chi connectivity index (χ1n) is 2.02. The Morgan fingerprint density at radius 2 is 2.00 bits per heavy atom. The quantitative estimate of drug-likeness (QED) is 0.511. The summed E-state index contributed by atoms with van der Waals surface area (Å²) in [6.07, 6.45) is 4.40. The maximum absolute atomic E-state index is 10.0. The molecule has 1 aromatic heterocycles. The molecule has 0 N–H and O–H groups in total. The standard InChI is InChI=1S/C4H3N2OP/c7-8-4-1-5-3-6-2-4/h1-3H. The molecule has 0 aliphatic rings. The zero-order chi connectivity index (χ0) is 5.82. The average molecular weight is 126 g/mol. The van der Waals surface area contributed by atoms with E-state index in [2.05, 4.69) is 9.97 Å². The third kappa shape index (κ3) is 1.07. The number of hydrogen-bond acceptors (Lipinski definition) is 3. The van der Waals surface area contributed by atoms with Crippen molar-refractivity contribution < 1.29 is 4.57 Å². The summed E-state index contributed by atoms with van der Waals surface area (Å²) < 4.78 is 10.0. The fraction of sp³-hybridized carbons (Fsp3) is 0. The van der Waals surface area contributed by atoms with E-state index in [1.165, 1.54) is 18.7 Å². The van der Waals surface area contributed by atoms with E-state index in [4.69, 9.17) is 0 Å². The first kappa shape index (κ1) is 5.32. The first-order valence-corrected chi connectivity index (χ1v) is 2.83. The molecule has 1 aromatic rings. The van der Waals surface area contributed by atoms with Gasteiger partial charge in [0.25, 0.3) is 0 Å². The van der Waals surface area contributed by atoms with Crippen molar-refractivity contribution >= 4 is 13.8 Å². The van der Waals surface area contributed by atoms with Crippen LogP contribution in [0.25, 0.3) is 0 Å². The van der Waals surface area contributed by atoms with Crippen LogP contribution in [0.3, 0.4) is 0 Å². The van der Waals surface area contributed by atoms with Crippen LogP contribution in [-0.2, 0) is 4.57 Å². The van der Waals surface area contributed by atoms with Gasteiger partial charge in [-0.1, -0.05) is 0 Å². The minimum atomic E-state index is -0.0256. The van der Waals surface area contributed by atoms with Gasteiger partial charge in [-0.3, -0.25) is 4.57 Å². The van der Waals surface area contributed by atoms with Crippen LogP contribution < -0.4 is 5.30 Å². The van der Waals surface area contributed by atoms with Crippen LogP contribution in [0.2, 0.25) is 0 Å². The fourth-order valence-corrected chi connectivity index (χ4v) is 0.566. The summed E-state index contributed by atoms with van der Waals surface area (Å²) in [7, 11) is -0.0256. The van der Waals surface area contributed by atoms with E-state index in [1.807, 2.05) is 0 Å². The van der Waals surface area contributed by atoms with Crippen LogP contribution in [0.1, 0.15) is 0 Å². The lowest BCUT2D eigenvalue weighted by Gasteiger charge is -1.79. The van der Waals surface area contributed by atoms with Gasteiger partial charge in [-0.15, -0.1) is 0 Å². The molecule has 0 unspecified atom stereocenters. The van der Waals surface area contributed by atoms with E-state index < -0.39 is 0 Å². The minimum Gasteiger partial charge on any atom is -0.269 e. The van der Waals surface area contributed by atoms with Gasteiger partial charge in [0, 0.05) is 12.4 Å². The van der Waals surface area contributed by atoms with Crippen LogP contribution >= 0.6 is 8.46 Å². The molecule has 4 heteroatoms. The molecular formula is C4H3N2OP. The topological polar surface area (TPSA) is 42.9 Å². The average Bonchev–Trinajstić information content (AvgIpc) is 1.90. The van der Waals surface area contributed by atoms with Gasteiger partial charge in [0.1, 0.15) is 6.33 Å². The molecule has 0 amide bonds. The van der Waals surface area contributed by atoms with E-state index in [0.717, 1.165) is 0 Å². The van der Waals surface area contributed by atoms with Gasteiger partial charge in [-0.05, 0) is 0 Å². The second kappa shape index (κ2) is 2.48. The molecule has 0 aliphatic carbocycles. The van der Waals surface area contributed by atoms with Gasteiger partial charge in [-0.2, -0.15) is 0 Å². The minimum absolute atomic E-state index is 0.0256. The second-order valence-corrected chi connectivity index (χ2v) is 1.89. The number of rotatable bonds is 1. The van der Waals surface area contributed by atoms with Crippen molar-refractivity contribution in [3.63, 3.8) is 0 Å². The molecule has 1 rings (SSSR count). The summed E-state index contributed by atoms with van der Waals surface area (Å²) in [6.45, 7) is 0. The lowest BCUT2D eigenvalue weighted by atomic mass is 10.7. The lowest BCUT2D eigenvalue weighted by molar-refractivity contribution is 0.603. The highest BCUT2D eigenvalue weighted by atomic mass is 31.1. The Bertz CT molecular complexity index is 177. The summed E-state index contributed by atoms with van der Waals surface area (Å²) in [5, 5.41) is 0.604. The van der Waals surface area contributed by atoms with Crippen LogP contribution in [0, 0.1) is 0 Å².